The summed E-state index contributed by atoms with van der Waals surface area (Å²) in [6.45, 7) is 0. The normalized spacial score (nSPS) is 14.7. The van der Waals surface area contributed by atoms with Crippen molar-refractivity contribution in [2.75, 3.05) is 16.9 Å². The van der Waals surface area contributed by atoms with Gasteiger partial charge in [0.05, 0.1) is 5.57 Å². The number of aromatic nitrogens is 2. The lowest BCUT2D eigenvalue weighted by Crippen LogP contribution is -2.05. The maximum atomic E-state index is 12.0. The third-order valence-electron chi connectivity index (χ3n) is 3.11. The number of benzene rings is 1. The molecule has 3 N–H and O–H groups in total. The summed E-state index contributed by atoms with van der Waals surface area (Å²) in [5, 5.41) is 22.4. The predicted molar refractivity (Wildman–Crippen MR) is 81.8 cm³/mol. The molecule has 2 aromatic rings. The molecule has 0 spiro atoms. The molecule has 7 heteroatoms. The van der Waals surface area contributed by atoms with Gasteiger partial charge in [-0.15, -0.1) is 11.8 Å². The van der Waals surface area contributed by atoms with Crippen LogP contribution in [-0.4, -0.2) is 22.4 Å². The van der Waals surface area contributed by atoms with Gasteiger partial charge in [0.1, 0.15) is 16.7 Å². The molecule has 0 atom stereocenters. The minimum atomic E-state index is -0.178. The molecule has 0 saturated heterocycles. The first-order chi connectivity index (χ1) is 10.2. The molecule has 1 aromatic heterocycles. The van der Waals surface area contributed by atoms with Crippen molar-refractivity contribution in [3.8, 4) is 6.07 Å². The van der Waals surface area contributed by atoms with E-state index >= 15 is 0 Å². The average Bonchev–Trinajstić information content (AvgIpc) is 3.04. The topological polar surface area (TPSA) is 93.6 Å². The number of H-pyrrole nitrogens is 1. The first-order valence-corrected chi connectivity index (χ1v) is 7.37. The molecule has 104 valence electrons. The number of aromatic amines is 1. The van der Waals surface area contributed by atoms with E-state index in [0.717, 1.165) is 11.3 Å². The smallest absolute Gasteiger partial charge is 0.257 e. The van der Waals surface area contributed by atoms with Crippen molar-refractivity contribution in [1.29, 1.82) is 5.26 Å². The molecule has 0 aliphatic carbocycles. The number of nitrogens with one attached hydrogen (secondary N) is 3. The van der Waals surface area contributed by atoms with Gasteiger partial charge in [-0.2, -0.15) is 10.4 Å². The Morgan fingerprint density at radius 1 is 1.43 bits per heavy atom. The Morgan fingerprint density at radius 3 is 3.00 bits per heavy atom. The zero-order chi connectivity index (χ0) is 14.8. The molecular weight excluding hydrogens is 286 g/mol. The van der Waals surface area contributed by atoms with Gasteiger partial charge in [0.15, 0.2) is 5.82 Å². The van der Waals surface area contributed by atoms with Crippen LogP contribution >= 0.6 is 11.8 Å². The van der Waals surface area contributed by atoms with E-state index in [0.29, 0.717) is 22.0 Å². The van der Waals surface area contributed by atoms with Crippen molar-refractivity contribution < 1.29 is 4.79 Å². The molecule has 0 fully saturated rings. The fourth-order valence-corrected chi connectivity index (χ4v) is 2.59. The third-order valence-corrected chi connectivity index (χ3v) is 3.82. The highest BCUT2D eigenvalue weighted by Crippen LogP contribution is 2.31. The average molecular weight is 297 g/mol. The molecular formula is C14H11N5OS. The predicted octanol–water partition coefficient (Wildman–Crippen LogP) is 2.41. The molecule has 21 heavy (non-hydrogen) atoms. The van der Waals surface area contributed by atoms with Crippen LogP contribution in [0.4, 0.5) is 11.5 Å². The summed E-state index contributed by atoms with van der Waals surface area (Å²) in [6, 6.07) is 9.53. The van der Waals surface area contributed by atoms with Crippen LogP contribution in [0, 0.1) is 11.3 Å². The summed E-state index contributed by atoms with van der Waals surface area (Å²) in [4.78, 5) is 12.0. The van der Waals surface area contributed by atoms with Crippen molar-refractivity contribution in [2.45, 2.75) is 5.03 Å². The molecule has 1 aliphatic heterocycles. The van der Waals surface area contributed by atoms with Gasteiger partial charge in [-0.3, -0.25) is 9.89 Å². The van der Waals surface area contributed by atoms with Gasteiger partial charge in [-0.1, -0.05) is 18.2 Å². The number of rotatable bonds is 3. The number of fused-ring (bicyclic) bond motifs is 1. The highest BCUT2D eigenvalue weighted by molar-refractivity contribution is 7.98. The fraction of sp³-hybridized carbons (Fsp3) is 0.0714. The van der Waals surface area contributed by atoms with Crippen LogP contribution in [0.5, 0.6) is 0 Å². The van der Waals surface area contributed by atoms with Crippen LogP contribution in [0.15, 0.2) is 35.5 Å². The van der Waals surface area contributed by atoms with Gasteiger partial charge in [-0.05, 0) is 12.3 Å². The van der Waals surface area contributed by atoms with E-state index in [1.165, 1.54) is 11.8 Å². The fourth-order valence-electron chi connectivity index (χ4n) is 2.10. The second-order valence-corrected chi connectivity index (χ2v) is 5.11. The standard InChI is InChI=1S/C14H11N5OS/c1-21-14-9(6-15)12(18-19-14)16-7-10-8-4-2-3-5-11(8)17-13(10)20/h2-5,7H,1H3,(H,17,20)(H2,16,18,19). The summed E-state index contributed by atoms with van der Waals surface area (Å²) in [7, 11) is 0. The van der Waals surface area contributed by atoms with E-state index in [1.54, 1.807) is 6.20 Å². The third kappa shape index (κ3) is 2.26. The second kappa shape index (κ2) is 5.34. The number of carbonyl (C=O) groups excluding carboxylic acids is 1. The van der Waals surface area contributed by atoms with Gasteiger partial charge >= 0.3 is 0 Å². The largest absolute Gasteiger partial charge is 0.343 e. The molecule has 0 saturated carbocycles. The minimum absolute atomic E-state index is 0.178. The van der Waals surface area contributed by atoms with E-state index in [1.807, 2.05) is 30.5 Å². The number of para-hydroxylation sites is 1. The van der Waals surface area contributed by atoms with Crippen molar-refractivity contribution in [1.82, 2.24) is 10.2 Å². The first kappa shape index (κ1) is 13.3. The highest BCUT2D eigenvalue weighted by atomic mass is 32.2. The quantitative estimate of drug-likeness (QED) is 0.597. The lowest BCUT2D eigenvalue weighted by atomic mass is 10.1. The van der Waals surface area contributed by atoms with Gasteiger partial charge in [0, 0.05) is 17.5 Å². The Balaban J connectivity index is 1.92. The van der Waals surface area contributed by atoms with Crippen LogP contribution in [0.2, 0.25) is 0 Å². The lowest BCUT2D eigenvalue weighted by molar-refractivity contribution is -0.110. The zero-order valence-corrected chi connectivity index (χ0v) is 11.9. The Bertz CT molecular complexity index is 787. The number of nitrogens with zero attached hydrogens (tertiary/aromatic N) is 2. The lowest BCUT2D eigenvalue weighted by Gasteiger charge is -1.99. The number of thioether (sulfide) groups is 1. The van der Waals surface area contributed by atoms with E-state index in [4.69, 9.17) is 5.26 Å². The Morgan fingerprint density at radius 2 is 2.24 bits per heavy atom. The van der Waals surface area contributed by atoms with Crippen LogP contribution < -0.4 is 10.6 Å². The van der Waals surface area contributed by atoms with E-state index < -0.39 is 0 Å². The molecule has 1 amide bonds. The minimum Gasteiger partial charge on any atom is -0.343 e. The number of anilines is 2. The summed E-state index contributed by atoms with van der Waals surface area (Å²) in [5.74, 6) is 0.231. The van der Waals surface area contributed by atoms with Crippen molar-refractivity contribution >= 4 is 34.7 Å². The van der Waals surface area contributed by atoms with Gasteiger partial charge < -0.3 is 10.6 Å². The number of hydrogen-bond acceptors (Lipinski definition) is 5. The monoisotopic (exact) mass is 297 g/mol. The van der Waals surface area contributed by atoms with Crippen LogP contribution in [-0.2, 0) is 4.79 Å². The highest BCUT2D eigenvalue weighted by Gasteiger charge is 2.23. The molecule has 1 aliphatic rings. The van der Waals surface area contributed by atoms with E-state index in [2.05, 4.69) is 26.9 Å². The second-order valence-electron chi connectivity index (χ2n) is 4.29. The van der Waals surface area contributed by atoms with Gasteiger partial charge in [0.2, 0.25) is 0 Å². The zero-order valence-electron chi connectivity index (χ0n) is 11.1. The number of amides is 1. The summed E-state index contributed by atoms with van der Waals surface area (Å²) >= 11 is 1.41. The Labute approximate surface area is 125 Å². The summed E-state index contributed by atoms with van der Waals surface area (Å²) < 4.78 is 0. The molecule has 1 aromatic carbocycles. The molecule has 0 radical (unpaired) electrons. The number of carbonyl (C=O) groups is 1. The van der Waals surface area contributed by atoms with Crippen molar-refractivity contribution in [3.05, 3.63) is 41.6 Å². The van der Waals surface area contributed by atoms with Crippen molar-refractivity contribution in [2.24, 2.45) is 0 Å². The molecule has 0 bridgehead atoms. The molecule has 2 heterocycles. The Kier molecular flexibility index (Phi) is 3.38. The summed E-state index contributed by atoms with van der Waals surface area (Å²) in [5.41, 5.74) is 2.56. The van der Waals surface area contributed by atoms with E-state index in [9.17, 15) is 4.79 Å². The maximum absolute atomic E-state index is 12.0. The van der Waals surface area contributed by atoms with Crippen LogP contribution in [0.1, 0.15) is 11.1 Å². The SMILES string of the molecule is CSc1[nH]nc(NC=C2C(=O)Nc3ccccc32)c1C#N. The van der Waals surface area contributed by atoms with Gasteiger partial charge in [-0.25, -0.2) is 0 Å². The molecule has 6 nitrogen and oxygen atoms in total. The van der Waals surface area contributed by atoms with Crippen LogP contribution in [0.25, 0.3) is 5.57 Å². The number of nitriles is 1. The van der Waals surface area contributed by atoms with E-state index in [-0.39, 0.29) is 5.91 Å². The summed E-state index contributed by atoms with van der Waals surface area (Å²) in [6.07, 6.45) is 3.43. The molecule has 3 rings (SSSR count). The van der Waals surface area contributed by atoms with Gasteiger partial charge in [0.25, 0.3) is 5.91 Å². The van der Waals surface area contributed by atoms with Crippen LogP contribution in [0.3, 0.4) is 0 Å². The number of hydrogen-bond donors (Lipinski definition) is 3. The maximum Gasteiger partial charge on any atom is 0.257 e. The Hall–Kier alpha value is -2.72. The van der Waals surface area contributed by atoms with Crippen molar-refractivity contribution in [3.63, 3.8) is 0 Å². The molecule has 0 unspecified atom stereocenters. The first-order valence-electron chi connectivity index (χ1n) is 6.14.